The second-order valence-electron chi connectivity index (χ2n) is 4.77. The van der Waals surface area contributed by atoms with Crippen LogP contribution in [-0.4, -0.2) is 20.0 Å². The van der Waals surface area contributed by atoms with Gasteiger partial charge in [-0.3, -0.25) is 4.79 Å². The Kier molecular flexibility index (Phi) is 4.68. The fourth-order valence-corrected chi connectivity index (χ4v) is 3.27. The van der Waals surface area contributed by atoms with Crippen molar-refractivity contribution in [3.05, 3.63) is 71.0 Å². The molecule has 0 unspecified atom stereocenters. The van der Waals surface area contributed by atoms with Gasteiger partial charge in [-0.2, -0.15) is 5.26 Å². The number of carbonyl (C=O) groups is 1. The molecule has 0 bridgehead atoms. The summed E-state index contributed by atoms with van der Waals surface area (Å²) in [4.78, 5) is 11.9. The van der Waals surface area contributed by atoms with Crippen molar-refractivity contribution >= 4 is 15.6 Å². The topological polar surface area (TPSA) is 75.0 Å². The molecule has 0 amide bonds. The molecule has 22 heavy (non-hydrogen) atoms. The molecule has 0 aromatic heterocycles. The Morgan fingerprint density at radius 3 is 2.18 bits per heavy atom. The van der Waals surface area contributed by atoms with E-state index < -0.39 is 27.2 Å². The minimum absolute atomic E-state index is 0.157. The molecule has 6 heteroatoms. The van der Waals surface area contributed by atoms with Crippen LogP contribution in [0, 0.1) is 17.1 Å². The molecule has 0 aliphatic carbocycles. The SMILES string of the molecule is N#Cc1ccc(CS(=O)(=O)CC(=O)c2ccc(F)cc2)cc1. The lowest BCUT2D eigenvalue weighted by Crippen LogP contribution is -2.18. The molecular weight excluding hydrogens is 305 g/mol. The quantitative estimate of drug-likeness (QED) is 0.794. The molecule has 0 aliphatic rings. The zero-order chi connectivity index (χ0) is 16.2. The lowest BCUT2D eigenvalue weighted by atomic mass is 10.1. The summed E-state index contributed by atoms with van der Waals surface area (Å²) in [7, 11) is -3.64. The van der Waals surface area contributed by atoms with E-state index in [1.165, 1.54) is 24.3 Å². The molecule has 0 atom stereocenters. The monoisotopic (exact) mass is 317 g/mol. The third-order valence-corrected chi connectivity index (χ3v) is 4.46. The van der Waals surface area contributed by atoms with E-state index in [0.29, 0.717) is 11.1 Å². The second kappa shape index (κ2) is 6.50. The van der Waals surface area contributed by atoms with Gasteiger partial charge in [0.25, 0.3) is 0 Å². The first-order valence-electron chi connectivity index (χ1n) is 6.38. The van der Waals surface area contributed by atoms with Crippen LogP contribution in [0.5, 0.6) is 0 Å². The maximum absolute atomic E-state index is 12.8. The zero-order valence-electron chi connectivity index (χ0n) is 11.5. The summed E-state index contributed by atoms with van der Waals surface area (Å²) in [6.45, 7) is 0. The van der Waals surface area contributed by atoms with Gasteiger partial charge in [-0.1, -0.05) is 12.1 Å². The van der Waals surface area contributed by atoms with Crippen molar-refractivity contribution in [2.45, 2.75) is 5.75 Å². The molecule has 2 aromatic rings. The van der Waals surface area contributed by atoms with Crippen LogP contribution in [0.15, 0.2) is 48.5 Å². The number of hydrogen-bond donors (Lipinski definition) is 0. The van der Waals surface area contributed by atoms with Gasteiger partial charge in [0.05, 0.1) is 17.4 Å². The van der Waals surface area contributed by atoms with Crippen molar-refractivity contribution in [2.75, 3.05) is 5.75 Å². The average Bonchev–Trinajstić information content (AvgIpc) is 2.47. The predicted molar refractivity (Wildman–Crippen MR) is 79.4 cm³/mol. The average molecular weight is 317 g/mol. The van der Waals surface area contributed by atoms with E-state index in [1.54, 1.807) is 12.1 Å². The second-order valence-corrected chi connectivity index (χ2v) is 6.84. The van der Waals surface area contributed by atoms with Crippen molar-refractivity contribution in [2.24, 2.45) is 0 Å². The summed E-state index contributed by atoms with van der Waals surface area (Å²) >= 11 is 0. The number of rotatable bonds is 5. The Morgan fingerprint density at radius 2 is 1.64 bits per heavy atom. The van der Waals surface area contributed by atoms with Crippen LogP contribution in [0.3, 0.4) is 0 Å². The summed E-state index contributed by atoms with van der Waals surface area (Å²) < 4.78 is 36.9. The third kappa shape index (κ3) is 4.24. The van der Waals surface area contributed by atoms with Crippen molar-refractivity contribution < 1.29 is 17.6 Å². The van der Waals surface area contributed by atoms with Crippen LogP contribution < -0.4 is 0 Å². The van der Waals surface area contributed by atoms with Crippen LogP contribution in [0.1, 0.15) is 21.5 Å². The van der Waals surface area contributed by atoms with Crippen LogP contribution in [0.4, 0.5) is 4.39 Å². The van der Waals surface area contributed by atoms with E-state index in [4.69, 9.17) is 5.26 Å². The van der Waals surface area contributed by atoms with Crippen LogP contribution in [-0.2, 0) is 15.6 Å². The largest absolute Gasteiger partial charge is 0.293 e. The van der Waals surface area contributed by atoms with Crippen molar-refractivity contribution in [1.82, 2.24) is 0 Å². The molecule has 0 spiro atoms. The molecular formula is C16H12FNO3S. The zero-order valence-corrected chi connectivity index (χ0v) is 12.3. The van der Waals surface area contributed by atoms with Gasteiger partial charge in [-0.05, 0) is 42.0 Å². The molecule has 2 rings (SSSR count). The van der Waals surface area contributed by atoms with Crippen LogP contribution >= 0.6 is 0 Å². The highest BCUT2D eigenvalue weighted by atomic mass is 32.2. The summed E-state index contributed by atoms with van der Waals surface area (Å²) in [6.07, 6.45) is 0. The Balaban J connectivity index is 2.08. The normalized spacial score (nSPS) is 10.9. The van der Waals surface area contributed by atoms with E-state index >= 15 is 0 Å². The highest BCUT2D eigenvalue weighted by Gasteiger charge is 2.18. The Bertz CT molecular complexity index is 819. The number of sulfone groups is 1. The van der Waals surface area contributed by atoms with Gasteiger partial charge in [0.1, 0.15) is 11.6 Å². The first-order valence-corrected chi connectivity index (χ1v) is 8.20. The molecule has 0 heterocycles. The Labute approximate surface area is 127 Å². The number of nitrogens with zero attached hydrogens (tertiary/aromatic N) is 1. The predicted octanol–water partition coefficient (Wildman–Crippen LogP) is 2.50. The third-order valence-electron chi connectivity index (χ3n) is 2.99. The van der Waals surface area contributed by atoms with Gasteiger partial charge in [-0.15, -0.1) is 0 Å². The molecule has 0 N–H and O–H groups in total. The summed E-state index contributed by atoms with van der Waals surface area (Å²) in [5, 5.41) is 8.69. The van der Waals surface area contributed by atoms with Gasteiger partial charge in [-0.25, -0.2) is 12.8 Å². The number of carbonyl (C=O) groups excluding carboxylic acids is 1. The molecule has 112 valence electrons. The summed E-state index contributed by atoms with van der Waals surface area (Å²) in [5.74, 6) is -1.99. The van der Waals surface area contributed by atoms with E-state index in [0.717, 1.165) is 12.1 Å². The number of ketones is 1. The summed E-state index contributed by atoms with van der Waals surface area (Å²) in [5.41, 5.74) is 1.10. The molecule has 4 nitrogen and oxygen atoms in total. The fourth-order valence-electron chi connectivity index (χ4n) is 1.90. The first-order chi connectivity index (χ1) is 10.4. The number of Topliss-reactive ketones (excluding diaryl/α,β-unsaturated/α-hetero) is 1. The van der Waals surface area contributed by atoms with E-state index in [-0.39, 0.29) is 11.3 Å². The maximum Gasteiger partial charge on any atom is 0.177 e. The highest BCUT2D eigenvalue weighted by molar-refractivity contribution is 7.91. The molecule has 0 saturated heterocycles. The van der Waals surface area contributed by atoms with E-state index in [1.807, 2.05) is 6.07 Å². The number of nitriles is 1. The van der Waals surface area contributed by atoms with Gasteiger partial charge >= 0.3 is 0 Å². The number of benzene rings is 2. The van der Waals surface area contributed by atoms with Gasteiger partial charge in [0.15, 0.2) is 15.6 Å². The molecule has 0 saturated carbocycles. The van der Waals surface area contributed by atoms with Crippen LogP contribution in [0.2, 0.25) is 0 Å². The standard InChI is InChI=1S/C16H12FNO3S/c17-15-7-5-14(6-8-15)16(19)11-22(20,21)10-13-3-1-12(9-18)2-4-13/h1-8H,10-11H2. The summed E-state index contributed by atoms with van der Waals surface area (Å²) in [6, 6.07) is 12.8. The number of hydrogen-bond acceptors (Lipinski definition) is 4. The number of halogens is 1. The van der Waals surface area contributed by atoms with Gasteiger partial charge < -0.3 is 0 Å². The minimum atomic E-state index is -3.64. The van der Waals surface area contributed by atoms with Crippen molar-refractivity contribution in [1.29, 1.82) is 5.26 Å². The molecule has 0 radical (unpaired) electrons. The Hall–Kier alpha value is -2.52. The van der Waals surface area contributed by atoms with E-state index in [2.05, 4.69) is 0 Å². The Morgan fingerprint density at radius 1 is 1.05 bits per heavy atom. The first kappa shape index (κ1) is 15.9. The van der Waals surface area contributed by atoms with Crippen LogP contribution in [0.25, 0.3) is 0 Å². The smallest absolute Gasteiger partial charge is 0.177 e. The van der Waals surface area contributed by atoms with E-state index in [9.17, 15) is 17.6 Å². The lowest BCUT2D eigenvalue weighted by molar-refractivity contribution is 0.102. The minimum Gasteiger partial charge on any atom is -0.293 e. The highest BCUT2D eigenvalue weighted by Crippen LogP contribution is 2.11. The van der Waals surface area contributed by atoms with Crippen molar-refractivity contribution in [3.8, 4) is 6.07 Å². The molecule has 0 aliphatic heterocycles. The molecule has 2 aromatic carbocycles. The van der Waals surface area contributed by atoms with Gasteiger partial charge in [0, 0.05) is 5.56 Å². The van der Waals surface area contributed by atoms with Crippen molar-refractivity contribution in [3.63, 3.8) is 0 Å². The molecule has 0 fully saturated rings. The maximum atomic E-state index is 12.8. The fraction of sp³-hybridized carbons (Fsp3) is 0.125. The van der Waals surface area contributed by atoms with Gasteiger partial charge in [0.2, 0.25) is 0 Å². The lowest BCUT2D eigenvalue weighted by Gasteiger charge is -2.05.